The number of aliphatic hydroxyl groups is 1. The van der Waals surface area contributed by atoms with Crippen LogP contribution in [0, 0.1) is 5.92 Å². The third kappa shape index (κ3) is 4.21. The van der Waals surface area contributed by atoms with Crippen molar-refractivity contribution >= 4 is 5.57 Å². The van der Waals surface area contributed by atoms with E-state index in [-0.39, 0.29) is 53.1 Å². The van der Waals surface area contributed by atoms with Crippen LogP contribution in [0.2, 0.25) is 0 Å². The molecule has 1 aliphatic rings. The minimum atomic E-state index is 0. The summed E-state index contributed by atoms with van der Waals surface area (Å²) in [6.07, 6.45) is 2.29. The SMILES string of the molecule is CC1=CC(C)C(c2ccccc2CO)=C1C.[Cl-].[Cl-].[Ti+2]. The van der Waals surface area contributed by atoms with Crippen LogP contribution in [0.5, 0.6) is 0 Å². The molecule has 1 unspecified atom stereocenters. The molecule has 1 atom stereocenters. The van der Waals surface area contributed by atoms with Crippen LogP contribution >= 0.6 is 0 Å². The second-order valence-corrected chi connectivity index (χ2v) is 4.49. The van der Waals surface area contributed by atoms with Crippen molar-refractivity contribution in [3.05, 3.63) is 52.6 Å². The van der Waals surface area contributed by atoms with Crippen LogP contribution < -0.4 is 24.8 Å². The third-order valence-electron chi connectivity index (χ3n) is 3.43. The van der Waals surface area contributed by atoms with Gasteiger partial charge in [0.1, 0.15) is 0 Å². The van der Waals surface area contributed by atoms with Crippen molar-refractivity contribution in [2.75, 3.05) is 0 Å². The zero-order valence-corrected chi connectivity index (χ0v) is 14.4. The molecule has 0 bridgehead atoms. The maximum Gasteiger partial charge on any atom is 2.00 e. The van der Waals surface area contributed by atoms with Gasteiger partial charge in [-0.3, -0.25) is 0 Å². The van der Waals surface area contributed by atoms with E-state index >= 15 is 0 Å². The molecule has 0 radical (unpaired) electrons. The Kier molecular flexibility index (Phi) is 10.1. The Labute approximate surface area is 142 Å². The number of halogens is 2. The molecule has 1 aromatic carbocycles. The average molecular weight is 333 g/mol. The molecule has 1 N–H and O–H groups in total. The van der Waals surface area contributed by atoms with Crippen molar-refractivity contribution < 1.29 is 51.6 Å². The van der Waals surface area contributed by atoms with Gasteiger partial charge in [-0.25, -0.2) is 0 Å². The molecule has 4 heteroatoms. The van der Waals surface area contributed by atoms with Crippen molar-refractivity contribution in [3.8, 4) is 0 Å². The van der Waals surface area contributed by atoms with Gasteiger partial charge in [0, 0.05) is 5.92 Å². The van der Waals surface area contributed by atoms with E-state index in [4.69, 9.17) is 0 Å². The maximum absolute atomic E-state index is 9.38. The fourth-order valence-electron chi connectivity index (χ4n) is 2.51. The van der Waals surface area contributed by atoms with E-state index in [2.05, 4.69) is 32.9 Å². The molecule has 0 aromatic heterocycles. The zero-order chi connectivity index (χ0) is 11.7. The van der Waals surface area contributed by atoms with Gasteiger partial charge in [-0.2, -0.15) is 0 Å². The van der Waals surface area contributed by atoms with Gasteiger partial charge in [-0.05, 0) is 36.1 Å². The number of allylic oxidation sites excluding steroid dienone is 4. The molecule has 0 spiro atoms. The quantitative estimate of drug-likeness (QED) is 0.596. The maximum atomic E-state index is 9.38. The molecule has 0 amide bonds. The first-order valence-electron chi connectivity index (χ1n) is 5.74. The van der Waals surface area contributed by atoms with Gasteiger partial charge in [0.25, 0.3) is 0 Å². The van der Waals surface area contributed by atoms with Crippen LogP contribution in [0.1, 0.15) is 31.9 Å². The molecule has 0 saturated carbocycles. The molecule has 102 valence electrons. The Bertz CT molecular complexity index is 481. The summed E-state index contributed by atoms with van der Waals surface area (Å²) in [5.74, 6) is 0.452. The summed E-state index contributed by atoms with van der Waals surface area (Å²) in [6.45, 7) is 6.64. The summed E-state index contributed by atoms with van der Waals surface area (Å²) in [4.78, 5) is 0. The molecular weight excluding hydrogens is 315 g/mol. The van der Waals surface area contributed by atoms with E-state index < -0.39 is 0 Å². The third-order valence-corrected chi connectivity index (χ3v) is 3.43. The van der Waals surface area contributed by atoms with E-state index in [9.17, 15) is 5.11 Å². The summed E-state index contributed by atoms with van der Waals surface area (Å²) in [5.41, 5.74) is 6.29. The number of aliphatic hydroxyl groups excluding tert-OH is 1. The minimum Gasteiger partial charge on any atom is -1.00 e. The molecule has 1 aliphatic carbocycles. The Morgan fingerprint density at radius 2 is 1.68 bits per heavy atom. The molecule has 0 aliphatic heterocycles. The Morgan fingerprint density at radius 3 is 2.16 bits per heavy atom. The second kappa shape index (κ2) is 8.99. The molecular formula is C15H18Cl2OTi. The van der Waals surface area contributed by atoms with Gasteiger partial charge in [0.05, 0.1) is 6.61 Å². The van der Waals surface area contributed by atoms with Crippen molar-refractivity contribution in [1.82, 2.24) is 0 Å². The summed E-state index contributed by atoms with van der Waals surface area (Å²) in [5, 5.41) is 9.38. The smallest absolute Gasteiger partial charge is 1.00 e. The molecule has 0 heterocycles. The van der Waals surface area contributed by atoms with E-state index in [1.807, 2.05) is 18.2 Å². The minimum absolute atomic E-state index is 0. The van der Waals surface area contributed by atoms with Crippen LogP contribution in [0.25, 0.3) is 5.57 Å². The number of hydrogen-bond donors (Lipinski definition) is 1. The number of rotatable bonds is 2. The van der Waals surface area contributed by atoms with Crippen molar-refractivity contribution in [2.24, 2.45) is 5.92 Å². The average Bonchev–Trinajstić information content (AvgIpc) is 2.53. The topological polar surface area (TPSA) is 20.2 Å². The Morgan fingerprint density at radius 1 is 1.11 bits per heavy atom. The molecule has 0 saturated heterocycles. The molecule has 0 fully saturated rings. The molecule has 1 nitrogen and oxygen atoms in total. The van der Waals surface area contributed by atoms with Crippen molar-refractivity contribution in [3.63, 3.8) is 0 Å². The van der Waals surface area contributed by atoms with E-state index in [1.165, 1.54) is 22.3 Å². The Hall–Kier alpha value is -0.0457. The zero-order valence-electron chi connectivity index (χ0n) is 11.4. The van der Waals surface area contributed by atoms with Crippen LogP contribution in [0.3, 0.4) is 0 Å². The molecule has 19 heavy (non-hydrogen) atoms. The van der Waals surface area contributed by atoms with Gasteiger partial charge in [0.2, 0.25) is 0 Å². The van der Waals surface area contributed by atoms with Crippen LogP contribution in [0.15, 0.2) is 41.5 Å². The van der Waals surface area contributed by atoms with Crippen LogP contribution in [-0.4, -0.2) is 5.11 Å². The van der Waals surface area contributed by atoms with Gasteiger partial charge >= 0.3 is 21.7 Å². The summed E-state index contributed by atoms with van der Waals surface area (Å²) >= 11 is 0. The first-order valence-corrected chi connectivity index (χ1v) is 5.74. The normalized spacial score (nSPS) is 17.1. The van der Waals surface area contributed by atoms with Crippen molar-refractivity contribution in [2.45, 2.75) is 27.4 Å². The summed E-state index contributed by atoms with van der Waals surface area (Å²) in [7, 11) is 0. The molecule has 1 aromatic rings. The Balaban J connectivity index is 0. The second-order valence-electron chi connectivity index (χ2n) is 4.49. The van der Waals surface area contributed by atoms with Crippen LogP contribution in [-0.2, 0) is 28.3 Å². The van der Waals surface area contributed by atoms with Crippen LogP contribution in [0.4, 0.5) is 0 Å². The number of benzene rings is 1. The fourth-order valence-corrected chi connectivity index (χ4v) is 2.51. The van der Waals surface area contributed by atoms with Crippen molar-refractivity contribution in [1.29, 1.82) is 0 Å². The predicted molar refractivity (Wildman–Crippen MR) is 67.9 cm³/mol. The van der Waals surface area contributed by atoms with Gasteiger partial charge < -0.3 is 29.9 Å². The summed E-state index contributed by atoms with van der Waals surface area (Å²) < 4.78 is 0. The first-order chi connectivity index (χ1) is 7.65. The first kappa shape index (κ1) is 21.3. The largest absolute Gasteiger partial charge is 2.00 e. The van der Waals surface area contributed by atoms with E-state index in [0.717, 1.165) is 5.56 Å². The van der Waals surface area contributed by atoms with Gasteiger partial charge in [0.15, 0.2) is 0 Å². The van der Waals surface area contributed by atoms with Gasteiger partial charge in [-0.1, -0.05) is 42.8 Å². The molecule has 2 rings (SSSR count). The van der Waals surface area contributed by atoms with Gasteiger partial charge in [-0.15, -0.1) is 0 Å². The predicted octanol–water partition coefficient (Wildman–Crippen LogP) is -2.45. The number of hydrogen-bond acceptors (Lipinski definition) is 1. The standard InChI is InChI=1S/C15H18O.2ClH.Ti/c1-10-8-11(2)15(12(10)3)14-7-5-4-6-13(14)9-16;;;/h4-8,11,16H,9H2,1-3H3;2*1H;/q;;;+2/p-2. The van der Waals surface area contributed by atoms with E-state index in [1.54, 1.807) is 0 Å². The van der Waals surface area contributed by atoms with E-state index in [0.29, 0.717) is 5.92 Å². The monoisotopic (exact) mass is 332 g/mol. The summed E-state index contributed by atoms with van der Waals surface area (Å²) in [6, 6.07) is 8.11. The fraction of sp³-hybridized carbons (Fsp3) is 0.333.